The first-order valence-corrected chi connectivity index (χ1v) is 9.12. The molecule has 0 aromatic carbocycles. The highest BCUT2D eigenvalue weighted by molar-refractivity contribution is 7.90. The molecule has 3 aromatic rings. The molecule has 9 heteroatoms. The summed E-state index contributed by atoms with van der Waals surface area (Å²) in [6.45, 7) is 0. The summed E-state index contributed by atoms with van der Waals surface area (Å²) < 4.78 is 28.8. The lowest BCUT2D eigenvalue weighted by Gasteiger charge is -2.02. The molecule has 0 N–H and O–H groups in total. The second-order valence-electron chi connectivity index (χ2n) is 4.65. The van der Waals surface area contributed by atoms with Crippen molar-refractivity contribution in [2.24, 2.45) is 0 Å². The van der Waals surface area contributed by atoms with Crippen LogP contribution in [0.3, 0.4) is 0 Å². The zero-order valence-corrected chi connectivity index (χ0v) is 13.8. The number of pyridine rings is 1. The molecule has 0 bridgehead atoms. The number of carbonyl (C=O) groups is 1. The van der Waals surface area contributed by atoms with Crippen molar-refractivity contribution in [1.29, 1.82) is 0 Å². The van der Waals surface area contributed by atoms with Crippen molar-refractivity contribution in [2.75, 3.05) is 13.4 Å². The van der Waals surface area contributed by atoms with Crippen LogP contribution in [-0.4, -0.2) is 42.7 Å². The lowest BCUT2D eigenvalue weighted by Crippen LogP contribution is -2.04. The number of esters is 1. The first kappa shape index (κ1) is 15.5. The van der Waals surface area contributed by atoms with E-state index in [9.17, 15) is 13.2 Å². The monoisotopic (exact) mass is 349 g/mol. The van der Waals surface area contributed by atoms with Gasteiger partial charge in [0.05, 0.1) is 28.6 Å². The van der Waals surface area contributed by atoms with E-state index in [-0.39, 0.29) is 5.16 Å². The van der Waals surface area contributed by atoms with E-state index in [0.29, 0.717) is 26.4 Å². The minimum atomic E-state index is -3.56. The van der Waals surface area contributed by atoms with Gasteiger partial charge in [0, 0.05) is 18.6 Å². The average Bonchev–Trinajstić information content (AvgIpc) is 2.92. The smallest absolute Gasteiger partial charge is 0.348 e. The van der Waals surface area contributed by atoms with Crippen LogP contribution < -0.4 is 0 Å². The van der Waals surface area contributed by atoms with Gasteiger partial charge in [0.15, 0.2) is 0 Å². The van der Waals surface area contributed by atoms with E-state index in [1.54, 1.807) is 24.4 Å². The van der Waals surface area contributed by atoms with Gasteiger partial charge in [-0.3, -0.25) is 4.98 Å². The second kappa shape index (κ2) is 5.67. The molecule has 0 atom stereocenters. The molecule has 0 aliphatic carbocycles. The van der Waals surface area contributed by atoms with Gasteiger partial charge in [0.25, 0.3) is 0 Å². The summed E-state index contributed by atoms with van der Waals surface area (Å²) >= 11 is 1.14. The fourth-order valence-corrected chi connectivity index (χ4v) is 3.58. The molecule has 0 unspecified atom stereocenters. The van der Waals surface area contributed by atoms with Crippen LogP contribution in [0.5, 0.6) is 0 Å². The van der Waals surface area contributed by atoms with Crippen molar-refractivity contribution in [3.05, 3.63) is 35.5 Å². The Labute approximate surface area is 135 Å². The van der Waals surface area contributed by atoms with Crippen molar-refractivity contribution in [3.8, 4) is 11.3 Å². The van der Waals surface area contributed by atoms with Crippen LogP contribution in [0.1, 0.15) is 9.67 Å². The highest BCUT2D eigenvalue weighted by Gasteiger charge is 2.24. The van der Waals surface area contributed by atoms with E-state index in [0.717, 1.165) is 17.6 Å². The number of thiophene rings is 1. The standard InChI is InChI=1S/C14H11N3O4S2/c1-21-13(18)12-10(8-5-3-4-6-15-8)11-9(22-12)7-16-14(17-11)23(2,19)20/h3-7H,1-2H3. The topological polar surface area (TPSA) is 99.1 Å². The van der Waals surface area contributed by atoms with Gasteiger partial charge in [-0.2, -0.15) is 0 Å². The lowest BCUT2D eigenvalue weighted by molar-refractivity contribution is 0.0607. The van der Waals surface area contributed by atoms with Gasteiger partial charge >= 0.3 is 5.97 Å². The van der Waals surface area contributed by atoms with E-state index >= 15 is 0 Å². The number of hydrogen-bond donors (Lipinski definition) is 0. The third-order valence-electron chi connectivity index (χ3n) is 3.03. The first-order valence-electron chi connectivity index (χ1n) is 6.41. The Kier molecular flexibility index (Phi) is 3.82. The highest BCUT2D eigenvalue weighted by atomic mass is 32.2. The molecule has 0 aliphatic heterocycles. The normalized spacial score (nSPS) is 11.6. The minimum Gasteiger partial charge on any atom is -0.465 e. The maximum Gasteiger partial charge on any atom is 0.348 e. The minimum absolute atomic E-state index is 0.295. The third kappa shape index (κ3) is 2.80. The molecule has 3 rings (SSSR count). The Balaban J connectivity index is 2.38. The number of ether oxygens (including phenoxy) is 1. The SMILES string of the molecule is COC(=O)c1sc2cnc(S(C)(=O)=O)nc2c1-c1ccccn1. The molecule has 0 spiro atoms. The van der Waals surface area contributed by atoms with E-state index in [1.165, 1.54) is 13.3 Å². The second-order valence-corrected chi connectivity index (χ2v) is 7.61. The molecule has 7 nitrogen and oxygen atoms in total. The Morgan fingerprint density at radius 2 is 2.04 bits per heavy atom. The van der Waals surface area contributed by atoms with Gasteiger partial charge in [0.2, 0.25) is 15.0 Å². The zero-order chi connectivity index (χ0) is 16.6. The lowest BCUT2D eigenvalue weighted by atomic mass is 10.1. The summed E-state index contributed by atoms with van der Waals surface area (Å²) in [5, 5.41) is -0.295. The number of rotatable bonds is 3. The third-order valence-corrected chi connectivity index (χ3v) is 4.99. The van der Waals surface area contributed by atoms with E-state index in [4.69, 9.17) is 4.74 Å². The number of hydrogen-bond acceptors (Lipinski definition) is 8. The van der Waals surface area contributed by atoms with Gasteiger partial charge in [-0.25, -0.2) is 23.2 Å². The molecule has 0 fully saturated rings. The summed E-state index contributed by atoms with van der Waals surface area (Å²) in [4.78, 5) is 24.6. The quantitative estimate of drug-likeness (QED) is 0.526. The summed E-state index contributed by atoms with van der Waals surface area (Å²) in [6.07, 6.45) is 4.00. The van der Waals surface area contributed by atoms with Crippen molar-refractivity contribution < 1.29 is 17.9 Å². The number of aromatic nitrogens is 3. The largest absolute Gasteiger partial charge is 0.465 e. The maximum absolute atomic E-state index is 12.1. The molecule has 23 heavy (non-hydrogen) atoms. The van der Waals surface area contributed by atoms with Crippen molar-refractivity contribution in [2.45, 2.75) is 5.16 Å². The molecule has 118 valence electrons. The number of sulfone groups is 1. The van der Waals surface area contributed by atoms with E-state index in [1.807, 2.05) is 0 Å². The van der Waals surface area contributed by atoms with Crippen LogP contribution in [0.2, 0.25) is 0 Å². The van der Waals surface area contributed by atoms with Gasteiger partial charge in [-0.15, -0.1) is 11.3 Å². The fourth-order valence-electron chi connectivity index (χ4n) is 2.04. The van der Waals surface area contributed by atoms with E-state index < -0.39 is 15.8 Å². The van der Waals surface area contributed by atoms with Crippen LogP contribution in [0.4, 0.5) is 0 Å². The first-order chi connectivity index (χ1) is 10.9. The summed E-state index contributed by atoms with van der Waals surface area (Å²) in [5.41, 5.74) is 1.33. The van der Waals surface area contributed by atoms with Crippen LogP contribution >= 0.6 is 11.3 Å². The Hall–Kier alpha value is -2.39. The summed E-state index contributed by atoms with van der Waals surface area (Å²) in [5.74, 6) is -0.533. The average molecular weight is 349 g/mol. The van der Waals surface area contributed by atoms with Crippen molar-refractivity contribution >= 4 is 37.4 Å². The van der Waals surface area contributed by atoms with Gasteiger partial charge in [-0.1, -0.05) is 6.07 Å². The van der Waals surface area contributed by atoms with Crippen LogP contribution in [-0.2, 0) is 14.6 Å². The van der Waals surface area contributed by atoms with Crippen LogP contribution in [0.25, 0.3) is 21.5 Å². The number of nitrogens with zero attached hydrogens (tertiary/aromatic N) is 3. The molecular weight excluding hydrogens is 338 g/mol. The summed E-state index contributed by atoms with van der Waals surface area (Å²) in [7, 11) is -2.28. The number of carbonyl (C=O) groups excluding carboxylic acids is 1. The molecular formula is C14H11N3O4S2. The van der Waals surface area contributed by atoms with E-state index in [2.05, 4.69) is 15.0 Å². The van der Waals surface area contributed by atoms with Gasteiger partial charge < -0.3 is 4.74 Å². The Bertz CT molecular complexity index is 998. The highest BCUT2D eigenvalue weighted by Crippen LogP contribution is 2.37. The number of fused-ring (bicyclic) bond motifs is 1. The Morgan fingerprint density at radius 1 is 1.26 bits per heavy atom. The number of methoxy groups -OCH3 is 1. The van der Waals surface area contributed by atoms with Gasteiger partial charge in [-0.05, 0) is 12.1 Å². The van der Waals surface area contributed by atoms with Gasteiger partial charge in [0.1, 0.15) is 4.88 Å². The van der Waals surface area contributed by atoms with Crippen molar-refractivity contribution in [1.82, 2.24) is 15.0 Å². The van der Waals surface area contributed by atoms with Crippen molar-refractivity contribution in [3.63, 3.8) is 0 Å². The predicted octanol–water partition coefficient (Wildman–Crippen LogP) is 1.94. The van der Waals surface area contributed by atoms with Crippen LogP contribution in [0.15, 0.2) is 35.7 Å². The molecule has 3 aromatic heterocycles. The maximum atomic E-state index is 12.1. The summed E-state index contributed by atoms with van der Waals surface area (Å²) in [6, 6.07) is 5.23. The molecule has 0 radical (unpaired) electrons. The molecule has 3 heterocycles. The predicted molar refractivity (Wildman–Crippen MR) is 85.1 cm³/mol. The Morgan fingerprint density at radius 3 is 2.65 bits per heavy atom. The molecule has 0 aliphatic rings. The van der Waals surface area contributed by atoms with Crippen LogP contribution in [0, 0.1) is 0 Å². The molecule has 0 saturated heterocycles. The molecule has 0 amide bonds. The fraction of sp³-hybridized carbons (Fsp3) is 0.143. The molecule has 0 saturated carbocycles. The zero-order valence-electron chi connectivity index (χ0n) is 12.2.